The first kappa shape index (κ1) is 49.9. The second-order valence-electron chi connectivity index (χ2n) is 19.2. The lowest BCUT2D eigenvalue weighted by Gasteiger charge is -2.21. The second-order valence-corrected chi connectivity index (χ2v) is 19.9. The average molecular weight is 966 g/mol. The molecule has 0 amide bonds. The lowest BCUT2D eigenvalue weighted by Crippen LogP contribution is -2.21. The maximum absolute atomic E-state index is 11.5. The Kier molecular flexibility index (Phi) is 14.2. The van der Waals surface area contributed by atoms with E-state index in [1.54, 1.807) is 25.3 Å². The second kappa shape index (κ2) is 19.4. The van der Waals surface area contributed by atoms with Crippen LogP contribution in [0.2, 0.25) is 10.6 Å². The number of fused-ring (bicyclic) bond motifs is 4. The van der Waals surface area contributed by atoms with Crippen LogP contribution >= 0.6 is 23.2 Å². The summed E-state index contributed by atoms with van der Waals surface area (Å²) in [6, 6.07) is 10.1. The number of nitrogens with two attached hydrogens (primary N) is 2. The SMILES string of the molecule is CC(C)(C)n1cnc2c(=O)[nH]c(Cl)nc21.CC(C)(C)n1cnc2c(N)nc(N=[N+]=[N-])nc21.CC(C)(C)n1cnc2c(N)ncnc21.CC(C)(C)n1cnc2c(NCc3ccccc3)nc(Cl)nc21. The summed E-state index contributed by atoms with van der Waals surface area (Å²) in [5, 5.41) is 6.95. The summed E-state index contributed by atoms with van der Waals surface area (Å²) in [6.45, 7) is 25.3. The fourth-order valence-electron chi connectivity index (χ4n) is 6.47. The molecule has 0 spiro atoms. The van der Waals surface area contributed by atoms with Crippen LogP contribution in [0.25, 0.3) is 55.1 Å². The van der Waals surface area contributed by atoms with E-state index in [2.05, 4.69) is 129 Å². The van der Waals surface area contributed by atoms with Gasteiger partial charge in [0, 0.05) is 33.6 Å². The van der Waals surface area contributed by atoms with Crippen molar-refractivity contribution < 1.29 is 0 Å². The molecule has 356 valence electrons. The molecule has 1 aromatic carbocycles. The first-order valence-corrected chi connectivity index (χ1v) is 21.9. The van der Waals surface area contributed by atoms with Gasteiger partial charge in [0.15, 0.2) is 51.1 Å². The van der Waals surface area contributed by atoms with E-state index in [4.69, 9.17) is 40.2 Å². The smallest absolute Gasteiger partial charge is 0.280 e. The van der Waals surface area contributed by atoms with Crippen LogP contribution in [-0.2, 0) is 28.7 Å². The van der Waals surface area contributed by atoms with Crippen molar-refractivity contribution in [2.24, 2.45) is 5.11 Å². The minimum Gasteiger partial charge on any atom is -0.382 e. The standard InChI is InChI=1S/C16H18ClN5.C9H11ClN4O.C9H12N8.C9H13N5/c1-16(2,3)22-10-19-12-13(20-15(17)21-14(12)22)18-9-11-7-5-4-6-8-11;1-9(2,3)14-4-11-5-6(14)12-8(10)13-7(5)15;1-9(2,3)17-4-12-5-6(10)13-8(15-16-11)14-7(5)17;1-9(2,3)14-5-13-6-7(10)11-4-12-8(6)14/h4-8,10H,9H2,1-3H3,(H,18,20,21);4H,1-3H3,(H,12,13,15);4H,1-3H3,(H2,10,13,14);4-5H,1-3H3,(H2,10,11,12). The van der Waals surface area contributed by atoms with Crippen molar-refractivity contribution >= 4 is 91.3 Å². The van der Waals surface area contributed by atoms with Crippen LogP contribution in [0.1, 0.15) is 88.6 Å². The number of halogens is 2. The zero-order valence-electron chi connectivity index (χ0n) is 39.8. The van der Waals surface area contributed by atoms with Crippen LogP contribution in [-0.4, -0.2) is 78.1 Å². The number of hydrogen-bond acceptors (Lipinski definition) is 16. The number of aromatic amines is 1. The Morgan fingerprint density at radius 3 is 1.65 bits per heavy atom. The predicted octanol–water partition coefficient (Wildman–Crippen LogP) is 8.64. The first-order chi connectivity index (χ1) is 31.8. The van der Waals surface area contributed by atoms with Gasteiger partial charge in [-0.2, -0.15) is 15.0 Å². The van der Waals surface area contributed by atoms with Gasteiger partial charge < -0.3 is 35.1 Å². The monoisotopic (exact) mass is 964 g/mol. The molecule has 0 atom stereocenters. The highest BCUT2D eigenvalue weighted by Gasteiger charge is 2.23. The van der Waals surface area contributed by atoms with Crippen molar-refractivity contribution in [3.05, 3.63) is 98.9 Å². The molecule has 0 bridgehead atoms. The molecule has 0 aliphatic carbocycles. The average Bonchev–Trinajstić information content (AvgIpc) is 4.06. The Hall–Kier alpha value is -7.49. The van der Waals surface area contributed by atoms with Crippen LogP contribution in [0.4, 0.5) is 23.4 Å². The number of azide groups is 1. The maximum Gasteiger partial charge on any atom is 0.280 e. The molecule has 8 aromatic heterocycles. The molecule has 0 aliphatic rings. The Morgan fingerprint density at radius 1 is 0.618 bits per heavy atom. The van der Waals surface area contributed by atoms with Gasteiger partial charge in [0.2, 0.25) is 16.5 Å². The van der Waals surface area contributed by atoms with Crippen LogP contribution in [0, 0.1) is 0 Å². The molecule has 8 heterocycles. The first-order valence-electron chi connectivity index (χ1n) is 21.1. The quantitative estimate of drug-likeness (QED) is 0.0555. The maximum atomic E-state index is 11.5. The van der Waals surface area contributed by atoms with E-state index >= 15 is 0 Å². The van der Waals surface area contributed by atoms with E-state index < -0.39 is 0 Å². The summed E-state index contributed by atoms with van der Waals surface area (Å²) < 4.78 is 7.67. The Labute approximate surface area is 400 Å². The number of anilines is 3. The number of nitrogen functional groups attached to an aromatic ring is 2. The normalized spacial score (nSPS) is 11.9. The number of nitrogens with zero attached hydrogens (tertiary/aromatic N) is 18. The predicted molar refractivity (Wildman–Crippen MR) is 266 cm³/mol. The fraction of sp³-hybridized carbons (Fsp3) is 0.395. The Balaban J connectivity index is 0.000000152. The molecule has 23 nitrogen and oxygen atoms in total. The highest BCUT2D eigenvalue weighted by molar-refractivity contribution is 6.29. The lowest BCUT2D eigenvalue weighted by molar-refractivity contribution is 0.405. The van der Waals surface area contributed by atoms with Crippen molar-refractivity contribution in [3.63, 3.8) is 0 Å². The molecule has 9 rings (SSSR count). The third-order valence-corrected chi connectivity index (χ3v) is 10.2. The van der Waals surface area contributed by atoms with Crippen molar-refractivity contribution in [2.45, 2.75) is 112 Å². The molecule has 25 heteroatoms. The van der Waals surface area contributed by atoms with Gasteiger partial charge in [0.25, 0.3) is 5.56 Å². The zero-order valence-corrected chi connectivity index (χ0v) is 41.4. The molecular formula is C43H54Cl2N22O. The minimum atomic E-state index is -0.312. The van der Waals surface area contributed by atoms with E-state index in [1.807, 2.05) is 78.0 Å². The summed E-state index contributed by atoms with van der Waals surface area (Å²) in [4.78, 5) is 62.1. The number of imidazole rings is 4. The van der Waals surface area contributed by atoms with Gasteiger partial charge >= 0.3 is 0 Å². The van der Waals surface area contributed by atoms with Crippen molar-refractivity contribution in [3.8, 4) is 0 Å². The van der Waals surface area contributed by atoms with Crippen LogP contribution in [0.15, 0.2) is 71.9 Å². The number of nitrogens with one attached hydrogen (secondary N) is 2. The highest BCUT2D eigenvalue weighted by Crippen LogP contribution is 2.28. The molecule has 0 saturated heterocycles. The molecule has 6 N–H and O–H groups in total. The summed E-state index contributed by atoms with van der Waals surface area (Å²) >= 11 is 11.8. The number of benzene rings is 1. The molecule has 0 aliphatic heterocycles. The van der Waals surface area contributed by atoms with E-state index in [-0.39, 0.29) is 50.0 Å². The molecule has 0 radical (unpaired) electrons. The highest BCUT2D eigenvalue weighted by atomic mass is 35.5. The minimum absolute atomic E-state index is 0.00324. The van der Waals surface area contributed by atoms with Crippen molar-refractivity contribution in [1.29, 1.82) is 0 Å². The summed E-state index contributed by atoms with van der Waals surface area (Å²) in [7, 11) is 0. The van der Waals surface area contributed by atoms with Crippen LogP contribution in [0.3, 0.4) is 0 Å². The van der Waals surface area contributed by atoms with E-state index in [0.29, 0.717) is 46.0 Å². The Bertz CT molecular complexity index is 3320. The molecule has 68 heavy (non-hydrogen) atoms. The third-order valence-electron chi connectivity index (χ3n) is 9.85. The summed E-state index contributed by atoms with van der Waals surface area (Å²) in [5.74, 6) is 1.30. The Morgan fingerprint density at radius 2 is 1.10 bits per heavy atom. The van der Waals surface area contributed by atoms with Gasteiger partial charge in [-0.3, -0.25) is 9.78 Å². The third kappa shape index (κ3) is 11.4. The van der Waals surface area contributed by atoms with Gasteiger partial charge in [0.1, 0.15) is 17.4 Å². The zero-order chi connectivity index (χ0) is 49.9. The molecule has 9 aromatic rings. The number of H-pyrrole nitrogens is 1. The number of aromatic nitrogens is 16. The van der Waals surface area contributed by atoms with Gasteiger partial charge in [-0.25, -0.2) is 39.9 Å². The van der Waals surface area contributed by atoms with E-state index in [0.717, 1.165) is 16.8 Å². The summed E-state index contributed by atoms with van der Waals surface area (Å²) in [5.41, 5.74) is 24.9. The van der Waals surface area contributed by atoms with Crippen molar-refractivity contribution in [2.75, 3.05) is 16.8 Å². The van der Waals surface area contributed by atoms with Gasteiger partial charge in [-0.15, -0.1) is 0 Å². The molecule has 0 fully saturated rings. The molecule has 0 unspecified atom stereocenters. The number of hydrogen-bond donors (Lipinski definition) is 4. The van der Waals surface area contributed by atoms with Crippen molar-refractivity contribution in [1.82, 2.24) is 78.1 Å². The van der Waals surface area contributed by atoms with E-state index in [9.17, 15) is 4.79 Å². The fourth-order valence-corrected chi connectivity index (χ4v) is 6.80. The summed E-state index contributed by atoms with van der Waals surface area (Å²) in [6.07, 6.45) is 8.24. The van der Waals surface area contributed by atoms with Crippen LogP contribution < -0.4 is 22.3 Å². The van der Waals surface area contributed by atoms with Gasteiger partial charge in [-0.1, -0.05) is 30.3 Å². The van der Waals surface area contributed by atoms with E-state index in [1.165, 1.54) is 11.9 Å². The molecule has 0 saturated carbocycles. The van der Waals surface area contributed by atoms with Gasteiger partial charge in [0.05, 0.1) is 25.3 Å². The molecular weight excluding hydrogens is 912 g/mol. The van der Waals surface area contributed by atoms with Crippen LogP contribution in [0.5, 0.6) is 0 Å². The lowest BCUT2D eigenvalue weighted by atomic mass is 10.1. The van der Waals surface area contributed by atoms with Gasteiger partial charge in [-0.05, 0) is 122 Å². The number of rotatable bonds is 4. The topological polar surface area (TPSA) is 307 Å². The largest absolute Gasteiger partial charge is 0.382 e.